The molecule has 1 saturated heterocycles. The Hall–Kier alpha value is -2.28. The number of benzene rings is 1. The van der Waals surface area contributed by atoms with Crippen LogP contribution in [0.15, 0.2) is 18.2 Å². The summed E-state index contributed by atoms with van der Waals surface area (Å²) in [4.78, 5) is 28.1. The molecule has 7 nitrogen and oxygen atoms in total. The van der Waals surface area contributed by atoms with E-state index in [1.807, 2.05) is 32.0 Å². The lowest BCUT2D eigenvalue weighted by Crippen LogP contribution is -2.46. The monoisotopic (exact) mass is 346 g/mol. The van der Waals surface area contributed by atoms with Crippen molar-refractivity contribution in [1.29, 1.82) is 0 Å². The third-order valence-electron chi connectivity index (χ3n) is 4.38. The quantitative estimate of drug-likeness (QED) is 0.817. The van der Waals surface area contributed by atoms with Crippen molar-refractivity contribution < 1.29 is 14.3 Å². The van der Waals surface area contributed by atoms with Crippen LogP contribution in [-0.2, 0) is 9.59 Å². The molecule has 2 N–H and O–H groups in total. The van der Waals surface area contributed by atoms with Gasteiger partial charge in [-0.2, -0.15) is 0 Å². The predicted octanol–water partition coefficient (Wildman–Crippen LogP) is 0.594. The largest absolute Gasteiger partial charge is 0.481 e. The highest BCUT2D eigenvalue weighted by Crippen LogP contribution is 2.35. The number of amides is 2. The Morgan fingerprint density at radius 2 is 2.08 bits per heavy atom. The zero-order chi connectivity index (χ0) is 17.8. The molecule has 0 aromatic heterocycles. The highest BCUT2D eigenvalue weighted by atomic mass is 16.5. The fourth-order valence-corrected chi connectivity index (χ4v) is 3.00. The van der Waals surface area contributed by atoms with Crippen molar-refractivity contribution in [3.63, 3.8) is 0 Å². The first-order valence-corrected chi connectivity index (χ1v) is 8.84. The van der Waals surface area contributed by atoms with Gasteiger partial charge in [0.1, 0.15) is 12.3 Å². The molecule has 2 aliphatic rings. The Kier molecular flexibility index (Phi) is 5.43. The molecule has 0 unspecified atom stereocenters. The molecule has 1 fully saturated rings. The number of fused-ring (bicyclic) bond motifs is 1. The van der Waals surface area contributed by atoms with Crippen molar-refractivity contribution in [3.05, 3.63) is 18.2 Å². The summed E-state index contributed by atoms with van der Waals surface area (Å²) < 4.78 is 5.61. The highest BCUT2D eigenvalue weighted by molar-refractivity contribution is 6.02. The summed E-state index contributed by atoms with van der Waals surface area (Å²) >= 11 is 0. The maximum Gasteiger partial charge on any atom is 0.265 e. The molecule has 3 rings (SSSR count). The van der Waals surface area contributed by atoms with Crippen LogP contribution in [0.4, 0.5) is 11.4 Å². The Morgan fingerprint density at radius 3 is 2.80 bits per heavy atom. The first-order valence-electron chi connectivity index (χ1n) is 8.84. The van der Waals surface area contributed by atoms with E-state index >= 15 is 0 Å². The van der Waals surface area contributed by atoms with Crippen molar-refractivity contribution >= 4 is 23.2 Å². The standard InChI is InChI=1S/C18H26N4O3/c1-13(2)10-20-17(23)11-22-15-4-3-14(21-7-5-19-6-8-21)9-16(15)25-12-18(22)24/h3-4,9,13,19H,5-8,10-12H2,1-2H3,(H,20,23). The van der Waals surface area contributed by atoms with Crippen LogP contribution >= 0.6 is 0 Å². The predicted molar refractivity (Wildman–Crippen MR) is 97.2 cm³/mol. The van der Waals surface area contributed by atoms with Gasteiger partial charge in [0.05, 0.1) is 5.69 Å². The molecule has 7 heteroatoms. The van der Waals surface area contributed by atoms with Gasteiger partial charge in [0.25, 0.3) is 5.91 Å². The van der Waals surface area contributed by atoms with E-state index in [1.165, 1.54) is 4.90 Å². The second-order valence-corrected chi connectivity index (χ2v) is 6.86. The van der Waals surface area contributed by atoms with E-state index in [1.54, 1.807) is 0 Å². The lowest BCUT2D eigenvalue weighted by Gasteiger charge is -2.33. The van der Waals surface area contributed by atoms with Crippen molar-refractivity contribution in [1.82, 2.24) is 10.6 Å². The van der Waals surface area contributed by atoms with Gasteiger partial charge in [-0.25, -0.2) is 0 Å². The van der Waals surface area contributed by atoms with E-state index in [-0.39, 0.29) is 25.0 Å². The number of ether oxygens (including phenoxy) is 1. The van der Waals surface area contributed by atoms with Crippen LogP contribution in [0.1, 0.15) is 13.8 Å². The average Bonchev–Trinajstić information content (AvgIpc) is 2.62. The topological polar surface area (TPSA) is 73.9 Å². The third kappa shape index (κ3) is 4.22. The normalized spacial score (nSPS) is 17.3. The van der Waals surface area contributed by atoms with Gasteiger partial charge in [-0.1, -0.05) is 13.8 Å². The van der Waals surface area contributed by atoms with Crippen LogP contribution in [0.3, 0.4) is 0 Å². The van der Waals surface area contributed by atoms with Gasteiger partial charge in [0, 0.05) is 44.5 Å². The number of rotatable bonds is 5. The maximum absolute atomic E-state index is 12.2. The van der Waals surface area contributed by atoms with Gasteiger partial charge >= 0.3 is 0 Å². The molecule has 1 aromatic carbocycles. The average molecular weight is 346 g/mol. The Labute approximate surface area is 148 Å². The van der Waals surface area contributed by atoms with Crippen LogP contribution in [-0.4, -0.2) is 57.7 Å². The van der Waals surface area contributed by atoms with E-state index in [4.69, 9.17) is 4.74 Å². The maximum atomic E-state index is 12.2. The molecule has 0 spiro atoms. The lowest BCUT2D eigenvalue weighted by molar-refractivity contribution is -0.125. The number of hydrogen-bond donors (Lipinski definition) is 2. The van der Waals surface area contributed by atoms with E-state index in [0.717, 1.165) is 31.9 Å². The van der Waals surface area contributed by atoms with Gasteiger partial charge in [-0.05, 0) is 18.1 Å². The molecule has 136 valence electrons. The van der Waals surface area contributed by atoms with Crippen LogP contribution < -0.4 is 25.2 Å². The SMILES string of the molecule is CC(C)CNC(=O)CN1C(=O)COc2cc(N3CCNCC3)ccc21. The van der Waals surface area contributed by atoms with E-state index < -0.39 is 0 Å². The Balaban J connectivity index is 1.74. The summed E-state index contributed by atoms with van der Waals surface area (Å²) in [5.74, 6) is 0.689. The minimum Gasteiger partial charge on any atom is -0.481 e. The van der Waals surface area contributed by atoms with Gasteiger partial charge in [-0.3, -0.25) is 14.5 Å². The molecule has 2 aliphatic heterocycles. The first-order chi connectivity index (χ1) is 12.0. The van der Waals surface area contributed by atoms with Crippen LogP contribution in [0.2, 0.25) is 0 Å². The molecule has 0 atom stereocenters. The molecule has 25 heavy (non-hydrogen) atoms. The van der Waals surface area contributed by atoms with E-state index in [0.29, 0.717) is 23.9 Å². The van der Waals surface area contributed by atoms with Crippen LogP contribution in [0, 0.1) is 5.92 Å². The van der Waals surface area contributed by atoms with Crippen LogP contribution in [0.5, 0.6) is 5.75 Å². The minimum absolute atomic E-state index is 0.0227. The fourth-order valence-electron chi connectivity index (χ4n) is 3.00. The number of carbonyl (C=O) groups excluding carboxylic acids is 2. The zero-order valence-electron chi connectivity index (χ0n) is 14.9. The number of piperazine rings is 1. The molecule has 0 saturated carbocycles. The number of carbonyl (C=O) groups is 2. The van der Waals surface area contributed by atoms with Gasteiger partial charge in [0.15, 0.2) is 6.61 Å². The van der Waals surface area contributed by atoms with Crippen molar-refractivity contribution in [2.75, 3.05) is 55.7 Å². The zero-order valence-corrected chi connectivity index (χ0v) is 14.9. The Bertz CT molecular complexity index is 641. The van der Waals surface area contributed by atoms with Gasteiger partial charge < -0.3 is 20.3 Å². The molecule has 0 bridgehead atoms. The highest BCUT2D eigenvalue weighted by Gasteiger charge is 2.28. The number of anilines is 2. The van der Waals surface area contributed by atoms with Gasteiger partial charge in [0.2, 0.25) is 5.91 Å². The smallest absolute Gasteiger partial charge is 0.265 e. The molecule has 1 aromatic rings. The third-order valence-corrected chi connectivity index (χ3v) is 4.38. The van der Waals surface area contributed by atoms with E-state index in [2.05, 4.69) is 15.5 Å². The number of hydrogen-bond acceptors (Lipinski definition) is 5. The van der Waals surface area contributed by atoms with Crippen LogP contribution in [0.25, 0.3) is 0 Å². The van der Waals surface area contributed by atoms with E-state index in [9.17, 15) is 9.59 Å². The summed E-state index contributed by atoms with van der Waals surface area (Å²) in [7, 11) is 0. The summed E-state index contributed by atoms with van der Waals surface area (Å²) in [5, 5.41) is 6.19. The van der Waals surface area contributed by atoms with Crippen molar-refractivity contribution in [2.24, 2.45) is 5.92 Å². The van der Waals surface area contributed by atoms with Gasteiger partial charge in [-0.15, -0.1) is 0 Å². The summed E-state index contributed by atoms with van der Waals surface area (Å²) in [6.07, 6.45) is 0. The summed E-state index contributed by atoms with van der Waals surface area (Å²) in [6, 6.07) is 5.83. The lowest BCUT2D eigenvalue weighted by atomic mass is 10.1. The molecular weight excluding hydrogens is 320 g/mol. The molecule has 0 radical (unpaired) electrons. The van der Waals surface area contributed by atoms with Crippen molar-refractivity contribution in [2.45, 2.75) is 13.8 Å². The fraction of sp³-hybridized carbons (Fsp3) is 0.556. The van der Waals surface area contributed by atoms with Crippen molar-refractivity contribution in [3.8, 4) is 5.75 Å². The Morgan fingerprint density at radius 1 is 1.32 bits per heavy atom. The minimum atomic E-state index is -0.192. The molecule has 2 amide bonds. The number of nitrogens with zero attached hydrogens (tertiary/aromatic N) is 2. The molecular formula is C18H26N4O3. The second kappa shape index (κ2) is 7.74. The molecule has 2 heterocycles. The molecule has 0 aliphatic carbocycles. The second-order valence-electron chi connectivity index (χ2n) is 6.86. The summed E-state index contributed by atoms with van der Waals surface area (Å²) in [5.41, 5.74) is 1.74. The number of nitrogens with one attached hydrogen (secondary N) is 2. The summed E-state index contributed by atoms with van der Waals surface area (Å²) in [6.45, 7) is 8.46. The first kappa shape index (κ1) is 17.5.